The van der Waals surface area contributed by atoms with E-state index in [0.29, 0.717) is 17.4 Å². The lowest BCUT2D eigenvalue weighted by molar-refractivity contribution is -0.870. The van der Waals surface area contributed by atoms with Crippen molar-refractivity contribution in [2.75, 3.05) is 47.5 Å². The molecule has 0 aliphatic rings. The molecule has 1 N–H and O–H groups in total. The van der Waals surface area contributed by atoms with Gasteiger partial charge >= 0.3 is 19.8 Å². The summed E-state index contributed by atoms with van der Waals surface area (Å²) in [4.78, 5) is 35.9. The molecule has 0 aliphatic heterocycles. The van der Waals surface area contributed by atoms with Gasteiger partial charge in [0.05, 0.1) is 27.7 Å². The van der Waals surface area contributed by atoms with Gasteiger partial charge in [0, 0.05) is 12.8 Å². The molecule has 88 heavy (non-hydrogen) atoms. The van der Waals surface area contributed by atoms with Crippen molar-refractivity contribution in [3.63, 3.8) is 0 Å². The Morgan fingerprint density at radius 2 is 0.648 bits per heavy atom. The number of carbonyl (C=O) groups excluding carboxylic acids is 2. The summed E-state index contributed by atoms with van der Waals surface area (Å²) in [6, 6.07) is 0. The summed E-state index contributed by atoms with van der Waals surface area (Å²) in [5.41, 5.74) is 0. The smallest absolute Gasteiger partial charge is 0.462 e. The molecule has 0 aliphatic carbocycles. The summed E-state index contributed by atoms with van der Waals surface area (Å²) >= 11 is 0. The van der Waals surface area contributed by atoms with E-state index >= 15 is 0 Å². The molecule has 0 amide bonds. The van der Waals surface area contributed by atoms with Crippen molar-refractivity contribution in [1.29, 1.82) is 0 Å². The molecule has 0 aromatic carbocycles. The maximum absolute atomic E-state index is 12.9. The average Bonchev–Trinajstić information content (AvgIpc) is 3.68. The van der Waals surface area contributed by atoms with E-state index in [4.69, 9.17) is 18.5 Å². The lowest BCUT2D eigenvalue weighted by atomic mass is 10.0. The molecule has 2 unspecified atom stereocenters. The average molecular weight is 1250 g/mol. The Kier molecular flexibility index (Phi) is 65.9. The van der Waals surface area contributed by atoms with E-state index in [1.807, 2.05) is 21.1 Å². The third kappa shape index (κ3) is 72.0. The predicted octanol–water partition coefficient (Wildman–Crippen LogP) is 24.3. The first-order chi connectivity index (χ1) is 43.0. The zero-order chi connectivity index (χ0) is 64.1. The van der Waals surface area contributed by atoms with Crippen molar-refractivity contribution in [2.24, 2.45) is 0 Å². The van der Waals surface area contributed by atoms with Gasteiger partial charge in [-0.25, -0.2) is 4.57 Å². The Morgan fingerprint density at radius 3 is 0.966 bits per heavy atom. The second-order valence-electron chi connectivity index (χ2n) is 25.9. The van der Waals surface area contributed by atoms with E-state index in [0.717, 1.165) is 77.0 Å². The molecule has 10 heteroatoms. The Hall–Kier alpha value is -3.07. The molecule has 0 bridgehead atoms. The van der Waals surface area contributed by atoms with Crippen LogP contribution in [0.5, 0.6) is 0 Å². The van der Waals surface area contributed by atoms with Crippen LogP contribution in [0, 0.1) is 0 Å². The highest BCUT2D eigenvalue weighted by Crippen LogP contribution is 2.43. The molecule has 0 rings (SSSR count). The fourth-order valence-corrected chi connectivity index (χ4v) is 11.2. The number of unbranched alkanes of at least 4 members (excludes halogenated alkanes) is 38. The van der Waals surface area contributed by atoms with Crippen molar-refractivity contribution in [3.05, 3.63) is 97.2 Å². The van der Waals surface area contributed by atoms with Crippen LogP contribution in [0.25, 0.3) is 0 Å². The summed E-state index contributed by atoms with van der Waals surface area (Å²) in [5.74, 6) is -0.785. The monoisotopic (exact) mass is 1250 g/mol. The fraction of sp³-hybridized carbons (Fsp3) is 0.769. The number of quaternary nitrogens is 1. The van der Waals surface area contributed by atoms with Crippen LogP contribution < -0.4 is 0 Å². The lowest BCUT2D eigenvalue weighted by Gasteiger charge is -2.24. The molecule has 0 radical (unpaired) electrons. The highest BCUT2D eigenvalue weighted by atomic mass is 31.2. The van der Waals surface area contributed by atoms with E-state index in [9.17, 15) is 19.0 Å². The maximum Gasteiger partial charge on any atom is 0.472 e. The summed E-state index contributed by atoms with van der Waals surface area (Å²) in [5, 5.41) is 0. The number of allylic oxidation sites excluding steroid dienone is 16. The zero-order valence-corrected chi connectivity index (χ0v) is 59.1. The van der Waals surface area contributed by atoms with Crippen molar-refractivity contribution in [2.45, 2.75) is 341 Å². The largest absolute Gasteiger partial charge is 0.472 e. The van der Waals surface area contributed by atoms with Gasteiger partial charge in [0.2, 0.25) is 0 Å². The van der Waals surface area contributed by atoms with Gasteiger partial charge in [-0.05, 0) is 96.3 Å². The minimum atomic E-state index is -4.40. The Morgan fingerprint density at radius 1 is 0.364 bits per heavy atom. The van der Waals surface area contributed by atoms with Crippen molar-refractivity contribution in [1.82, 2.24) is 0 Å². The van der Waals surface area contributed by atoms with Crippen LogP contribution in [0.1, 0.15) is 335 Å². The van der Waals surface area contributed by atoms with Gasteiger partial charge in [0.25, 0.3) is 0 Å². The van der Waals surface area contributed by atoms with Crippen molar-refractivity contribution >= 4 is 19.8 Å². The molecular formula is C78H141NO8P+. The highest BCUT2D eigenvalue weighted by Gasteiger charge is 2.27. The summed E-state index contributed by atoms with van der Waals surface area (Å²) < 4.78 is 34.8. The number of esters is 2. The molecule has 0 aromatic heterocycles. The number of carbonyl (C=O) groups is 2. The van der Waals surface area contributed by atoms with Gasteiger partial charge in [-0.3, -0.25) is 18.6 Å². The Balaban J connectivity index is 3.99. The zero-order valence-electron chi connectivity index (χ0n) is 58.2. The van der Waals surface area contributed by atoms with Crippen LogP contribution in [0.2, 0.25) is 0 Å². The van der Waals surface area contributed by atoms with E-state index in [2.05, 4.69) is 111 Å². The van der Waals surface area contributed by atoms with Gasteiger partial charge in [-0.1, -0.05) is 323 Å². The van der Waals surface area contributed by atoms with Gasteiger partial charge in [-0.15, -0.1) is 0 Å². The molecule has 0 fully saturated rings. The third-order valence-electron chi connectivity index (χ3n) is 16.1. The summed E-state index contributed by atoms with van der Waals surface area (Å²) in [7, 11) is 1.49. The standard InChI is InChI=1S/C78H140NO8P/c1-6-8-10-12-14-16-18-20-22-24-26-28-30-32-34-35-36-37-38-39-40-41-42-43-45-47-49-51-53-55-57-59-61-63-65-67-69-71-78(81)87-76(75-86-88(82,83)85-73-72-79(3,4)5)74-84-77(80)70-68-66-64-62-60-58-56-54-52-50-48-46-44-33-31-29-27-25-23-21-19-17-15-13-11-9-7-2/h8,10,14,16,19-22,25-28,32,34,36-37,76H,6-7,9,11-13,15,17-18,23-24,29-31,33,35,38-75H2,1-5H3/p+1/b10-8-,16-14-,21-19-,22-20-,27-25-,28-26-,34-32-,37-36-. The second kappa shape index (κ2) is 68.3. The highest BCUT2D eigenvalue weighted by molar-refractivity contribution is 7.47. The molecule has 2 atom stereocenters. The molecule has 0 heterocycles. The van der Waals surface area contributed by atoms with Crippen LogP contribution in [0.4, 0.5) is 0 Å². The van der Waals surface area contributed by atoms with Crippen LogP contribution >= 0.6 is 7.82 Å². The van der Waals surface area contributed by atoms with Crippen molar-refractivity contribution in [3.8, 4) is 0 Å². The number of hydrogen-bond acceptors (Lipinski definition) is 7. The maximum atomic E-state index is 12.9. The first-order valence-corrected chi connectivity index (χ1v) is 38.5. The first kappa shape index (κ1) is 84.9. The molecule has 510 valence electrons. The SMILES string of the molecule is CC/C=C\C/C=C\C/C=C\C/C=C\C/C=C\C/C=C\CCCCCCCCCCCCCCCCCCCCC(=O)OC(COC(=O)CCCCCCCCCCCCCCCCC/C=C\C/C=C\CCCCCCC)COP(=O)(O)OCC[N+](C)(C)C. The van der Waals surface area contributed by atoms with Crippen LogP contribution in [0.15, 0.2) is 97.2 Å². The second-order valence-corrected chi connectivity index (χ2v) is 27.4. The minimum Gasteiger partial charge on any atom is -0.462 e. The van der Waals surface area contributed by atoms with E-state index in [1.54, 1.807) is 0 Å². The first-order valence-electron chi connectivity index (χ1n) is 37.0. The number of hydrogen-bond donors (Lipinski definition) is 1. The molecule has 0 saturated heterocycles. The lowest BCUT2D eigenvalue weighted by Crippen LogP contribution is -2.37. The molecule has 0 spiro atoms. The van der Waals surface area contributed by atoms with E-state index < -0.39 is 26.5 Å². The van der Waals surface area contributed by atoms with E-state index in [1.165, 1.54) is 225 Å². The Bertz CT molecular complexity index is 1810. The van der Waals surface area contributed by atoms with Crippen LogP contribution in [-0.4, -0.2) is 74.9 Å². The number of rotatable bonds is 68. The number of nitrogens with zero attached hydrogens (tertiary/aromatic N) is 1. The molecule has 0 aromatic rings. The molecular weight excluding hydrogens is 1110 g/mol. The number of phosphoric acid groups is 1. The topological polar surface area (TPSA) is 108 Å². The summed E-state index contributed by atoms with van der Waals surface area (Å²) in [6.07, 6.45) is 95.2. The number of likely N-dealkylation sites (N-methyl/N-ethyl adjacent to an activating group) is 1. The number of ether oxygens (including phenoxy) is 2. The van der Waals surface area contributed by atoms with Gasteiger partial charge < -0.3 is 18.9 Å². The van der Waals surface area contributed by atoms with Crippen molar-refractivity contribution < 1.29 is 42.1 Å². The van der Waals surface area contributed by atoms with Crippen LogP contribution in [-0.2, 0) is 32.7 Å². The Labute approximate surface area is 544 Å². The van der Waals surface area contributed by atoms with Gasteiger partial charge in [0.15, 0.2) is 6.10 Å². The van der Waals surface area contributed by atoms with Gasteiger partial charge in [-0.2, -0.15) is 0 Å². The quantitative estimate of drug-likeness (QED) is 0.0211. The third-order valence-corrected chi connectivity index (χ3v) is 17.1. The number of phosphoric ester groups is 1. The predicted molar refractivity (Wildman–Crippen MR) is 381 cm³/mol. The fourth-order valence-electron chi connectivity index (χ4n) is 10.5. The summed E-state index contributed by atoms with van der Waals surface area (Å²) in [6.45, 7) is 4.35. The van der Waals surface area contributed by atoms with E-state index in [-0.39, 0.29) is 32.0 Å². The minimum absolute atomic E-state index is 0.0308. The molecule has 9 nitrogen and oxygen atoms in total. The van der Waals surface area contributed by atoms with Gasteiger partial charge in [0.1, 0.15) is 19.8 Å². The van der Waals surface area contributed by atoms with Crippen LogP contribution in [0.3, 0.4) is 0 Å². The normalized spacial score (nSPS) is 13.7. The molecule has 0 saturated carbocycles.